The smallest absolute Gasteiger partial charge is 0.218 e. The molecular weight excluding hydrogens is 252 g/mol. The molecule has 0 aromatic rings. The Bertz CT molecular complexity index is 534. The van der Waals surface area contributed by atoms with E-state index in [0.717, 1.165) is 0 Å². The lowest BCUT2D eigenvalue weighted by atomic mass is 10.3. The Labute approximate surface area is 118 Å². The quantitative estimate of drug-likeness (QED) is 0.584. The fourth-order valence-electron chi connectivity index (χ4n) is 1.37. The molecule has 0 aliphatic carbocycles. The minimum atomic E-state index is -0.401. The van der Waals surface area contributed by atoms with E-state index in [-0.39, 0.29) is 0 Å². The first-order valence-corrected chi connectivity index (χ1v) is 6.08. The van der Waals surface area contributed by atoms with E-state index >= 15 is 0 Å². The maximum Gasteiger partial charge on any atom is 0.218 e. The summed E-state index contributed by atoms with van der Waals surface area (Å²) in [6.07, 6.45) is 9.81. The van der Waals surface area contributed by atoms with Crippen molar-refractivity contribution in [3.05, 3.63) is 49.2 Å². The van der Waals surface area contributed by atoms with Crippen molar-refractivity contribution in [1.82, 2.24) is 5.43 Å². The second-order valence-corrected chi connectivity index (χ2v) is 3.61. The molecule has 0 fully saturated rings. The van der Waals surface area contributed by atoms with Crippen LogP contribution in [0.25, 0.3) is 0 Å². The molecule has 6 nitrogen and oxygen atoms in total. The summed E-state index contributed by atoms with van der Waals surface area (Å²) in [6, 6.07) is 0. The molecule has 0 unspecified atom stereocenters. The van der Waals surface area contributed by atoms with Gasteiger partial charge < -0.3 is 0 Å². The van der Waals surface area contributed by atoms with Crippen LogP contribution >= 0.6 is 0 Å². The van der Waals surface area contributed by atoms with E-state index in [0.29, 0.717) is 17.2 Å². The molecule has 0 aromatic heterocycles. The van der Waals surface area contributed by atoms with Crippen LogP contribution in [0.15, 0.2) is 74.5 Å². The van der Waals surface area contributed by atoms with Crippen molar-refractivity contribution in [2.75, 3.05) is 7.05 Å². The topological polar surface area (TPSA) is 73.8 Å². The van der Waals surface area contributed by atoms with Gasteiger partial charge in [-0.3, -0.25) is 15.4 Å². The maximum atomic E-state index is 4.20. The van der Waals surface area contributed by atoms with Gasteiger partial charge in [0.1, 0.15) is 5.71 Å². The van der Waals surface area contributed by atoms with Gasteiger partial charge in [-0.25, -0.2) is 0 Å². The lowest BCUT2D eigenvalue weighted by Gasteiger charge is -2.15. The number of hydrogen-bond donors (Lipinski definition) is 1. The summed E-state index contributed by atoms with van der Waals surface area (Å²) in [5.74, 6) is 0.421. The van der Waals surface area contributed by atoms with E-state index in [1.807, 2.05) is 13.0 Å². The number of allylic oxidation sites excluding steroid dienone is 4. The molecule has 0 aromatic carbocycles. The summed E-state index contributed by atoms with van der Waals surface area (Å²) in [6.45, 7) is 9.05. The van der Waals surface area contributed by atoms with E-state index in [1.165, 1.54) is 0 Å². The highest BCUT2D eigenvalue weighted by Crippen LogP contribution is 2.10. The van der Waals surface area contributed by atoms with Crippen LogP contribution in [0.1, 0.15) is 6.92 Å². The second kappa shape index (κ2) is 8.47. The highest BCUT2D eigenvalue weighted by Gasteiger charge is 2.17. The molecule has 1 N–H and O–H groups in total. The van der Waals surface area contributed by atoms with E-state index in [1.54, 1.807) is 37.6 Å². The Morgan fingerprint density at radius 2 is 2.15 bits per heavy atom. The normalized spacial score (nSPS) is 20.1. The Morgan fingerprint density at radius 1 is 1.35 bits per heavy atom. The zero-order valence-electron chi connectivity index (χ0n) is 11.7. The van der Waals surface area contributed by atoms with Gasteiger partial charge in [0.2, 0.25) is 5.84 Å². The largest absolute Gasteiger partial charge is 0.285 e. The van der Waals surface area contributed by atoms with Gasteiger partial charge in [-0.05, 0) is 13.0 Å². The molecule has 0 saturated carbocycles. The van der Waals surface area contributed by atoms with E-state index in [4.69, 9.17) is 0 Å². The van der Waals surface area contributed by atoms with Crippen molar-refractivity contribution in [2.45, 2.75) is 13.1 Å². The third-order valence-electron chi connectivity index (χ3n) is 2.33. The van der Waals surface area contributed by atoms with E-state index < -0.39 is 6.17 Å². The van der Waals surface area contributed by atoms with Crippen LogP contribution in [0.3, 0.4) is 0 Å². The SMILES string of the molecule is C=CC=N/C(=C\C)[C@H]1N=NC(C(/C=C\C=C)=NC)=NN1. The average Bonchev–Trinajstić information content (AvgIpc) is 2.50. The molecule has 6 heteroatoms. The Hall–Kier alpha value is -2.63. The van der Waals surface area contributed by atoms with Gasteiger partial charge in [0.25, 0.3) is 0 Å². The second-order valence-electron chi connectivity index (χ2n) is 3.61. The van der Waals surface area contributed by atoms with E-state index in [9.17, 15) is 0 Å². The third kappa shape index (κ3) is 4.24. The van der Waals surface area contributed by atoms with Crippen LogP contribution < -0.4 is 5.43 Å². The van der Waals surface area contributed by atoms with Crippen LogP contribution in [0.4, 0.5) is 0 Å². The van der Waals surface area contributed by atoms with Gasteiger partial charge >= 0.3 is 0 Å². The minimum absolute atomic E-state index is 0.401. The van der Waals surface area contributed by atoms with E-state index in [2.05, 4.69) is 43.9 Å². The van der Waals surface area contributed by atoms with Crippen molar-refractivity contribution < 1.29 is 0 Å². The molecule has 1 aliphatic heterocycles. The molecule has 1 rings (SSSR count). The summed E-state index contributed by atoms with van der Waals surface area (Å²) in [5, 5.41) is 12.4. The zero-order chi connectivity index (χ0) is 14.8. The monoisotopic (exact) mass is 270 g/mol. The van der Waals surface area contributed by atoms with Crippen LogP contribution in [-0.4, -0.2) is 31.0 Å². The molecule has 0 saturated heterocycles. The van der Waals surface area contributed by atoms with Crippen molar-refractivity contribution in [2.24, 2.45) is 25.3 Å². The Morgan fingerprint density at radius 3 is 2.65 bits per heavy atom. The molecule has 0 radical (unpaired) electrons. The molecule has 1 heterocycles. The van der Waals surface area contributed by atoms with Crippen LogP contribution in [0, 0.1) is 0 Å². The van der Waals surface area contributed by atoms with Crippen LogP contribution in [0.2, 0.25) is 0 Å². The first-order chi connectivity index (χ1) is 9.76. The number of nitrogens with one attached hydrogen (secondary N) is 1. The lowest BCUT2D eigenvalue weighted by molar-refractivity contribution is 0.576. The first-order valence-electron chi connectivity index (χ1n) is 6.08. The maximum absolute atomic E-state index is 4.20. The fraction of sp³-hybridized carbons (Fsp3) is 0.214. The van der Waals surface area contributed by atoms with Crippen LogP contribution in [0.5, 0.6) is 0 Å². The Balaban J connectivity index is 2.82. The molecule has 0 bridgehead atoms. The predicted octanol–water partition coefficient (Wildman–Crippen LogP) is 2.66. The summed E-state index contributed by atoms with van der Waals surface area (Å²) in [5.41, 5.74) is 4.23. The molecule has 0 amide bonds. The van der Waals surface area contributed by atoms with Gasteiger partial charge in [-0.1, -0.05) is 37.5 Å². The third-order valence-corrected chi connectivity index (χ3v) is 2.33. The van der Waals surface area contributed by atoms with Gasteiger partial charge in [0.05, 0.1) is 5.70 Å². The van der Waals surface area contributed by atoms with Crippen molar-refractivity contribution >= 4 is 17.8 Å². The number of nitrogens with zero attached hydrogens (tertiary/aromatic N) is 5. The highest BCUT2D eigenvalue weighted by atomic mass is 15.5. The zero-order valence-corrected chi connectivity index (χ0v) is 11.7. The molecule has 1 aliphatic rings. The minimum Gasteiger partial charge on any atom is -0.285 e. The molecule has 0 spiro atoms. The summed E-state index contributed by atoms with van der Waals surface area (Å²) < 4.78 is 0. The Kier molecular flexibility index (Phi) is 6.53. The summed E-state index contributed by atoms with van der Waals surface area (Å²) in [4.78, 5) is 8.29. The number of hydrogen-bond acceptors (Lipinski definition) is 6. The molecule has 20 heavy (non-hydrogen) atoms. The number of aliphatic imine (C=N–C) groups is 2. The molecule has 104 valence electrons. The first kappa shape index (κ1) is 15.4. The summed E-state index contributed by atoms with van der Waals surface area (Å²) in [7, 11) is 1.67. The molecule has 1 atom stereocenters. The number of rotatable bonds is 6. The average molecular weight is 270 g/mol. The summed E-state index contributed by atoms with van der Waals surface area (Å²) >= 11 is 0. The molecular formula is C14H18N6. The number of amidine groups is 1. The fourth-order valence-corrected chi connectivity index (χ4v) is 1.37. The highest BCUT2D eigenvalue weighted by molar-refractivity contribution is 6.45. The number of hydrazone groups is 1. The standard InChI is InChI=1S/C14H18N6/c1-5-8-9-12(15-4)14-19-17-13(18-20-14)11(7-3)16-10-6-2/h5-10,13,17H,1-2H2,3-4H3/b9-8-,11-7-,15-12?,16-10?/t13-/m1/s1. The van der Waals surface area contributed by atoms with Crippen molar-refractivity contribution in [1.29, 1.82) is 0 Å². The number of azo groups is 1. The van der Waals surface area contributed by atoms with Crippen molar-refractivity contribution in [3.63, 3.8) is 0 Å². The predicted molar refractivity (Wildman–Crippen MR) is 84.4 cm³/mol. The van der Waals surface area contributed by atoms with Gasteiger partial charge in [-0.15, -0.1) is 5.11 Å². The van der Waals surface area contributed by atoms with Crippen LogP contribution in [-0.2, 0) is 0 Å². The van der Waals surface area contributed by atoms with Gasteiger partial charge in [-0.2, -0.15) is 10.2 Å². The van der Waals surface area contributed by atoms with Gasteiger partial charge in [0.15, 0.2) is 6.17 Å². The van der Waals surface area contributed by atoms with Gasteiger partial charge in [0, 0.05) is 13.3 Å². The van der Waals surface area contributed by atoms with Crippen molar-refractivity contribution in [3.8, 4) is 0 Å². The lowest BCUT2D eigenvalue weighted by Crippen LogP contribution is -2.30.